The van der Waals surface area contributed by atoms with Crippen LogP contribution >= 0.6 is 8.07 Å². The molecule has 43 heavy (non-hydrogen) atoms. The first kappa shape index (κ1) is 32.2. The quantitative estimate of drug-likeness (QED) is 0.262. The topological polar surface area (TPSA) is 38.0 Å². The summed E-state index contributed by atoms with van der Waals surface area (Å²) in [7, 11) is -2.20. The van der Waals surface area contributed by atoms with Crippen LogP contribution in [0.1, 0.15) is 0 Å². The zero-order valence-electron chi connectivity index (χ0n) is 21.3. The number of hydrogen-bond acceptors (Lipinski definition) is 2. The molecule has 2 aliphatic rings. The average Bonchev–Trinajstić information content (AvgIpc) is 2.90. The average molecular weight is 642 g/mol. The highest BCUT2D eigenvalue weighted by Gasteiger charge is 2.73. The molecule has 0 atom stereocenters. The van der Waals surface area contributed by atoms with Crippen LogP contribution in [0.5, 0.6) is 0 Å². The summed E-state index contributed by atoms with van der Waals surface area (Å²) >= 11 is 0. The molecule has 0 spiro atoms. The van der Waals surface area contributed by atoms with Gasteiger partial charge in [-0.25, -0.2) is 0 Å². The summed E-state index contributed by atoms with van der Waals surface area (Å²) in [5.74, 6) is 0. The van der Waals surface area contributed by atoms with Crippen molar-refractivity contribution < 1.29 is 52.7 Å². The van der Waals surface area contributed by atoms with Gasteiger partial charge in [0, 0.05) is 33.1 Å². The van der Waals surface area contributed by atoms with Crippen molar-refractivity contribution in [2.75, 3.05) is 0 Å². The Kier molecular flexibility index (Phi) is 8.10. The number of hydrogen-bond donors (Lipinski definition) is 2. The first-order chi connectivity index (χ1) is 19.8. The summed E-state index contributed by atoms with van der Waals surface area (Å²) in [6.07, 6.45) is -24.7. The molecule has 0 heterocycles. The lowest BCUT2D eigenvalue weighted by molar-refractivity contribution is -0.307. The molecule has 3 N–H and O–H groups in total. The number of nitrogens with two attached hydrogens (primary N) is 1. The van der Waals surface area contributed by atoms with Crippen molar-refractivity contribution in [2.24, 2.45) is 16.6 Å². The molecule has 2 aromatic rings. The molecule has 0 aromatic heterocycles. The molecule has 0 unspecified atom stereocenters. The van der Waals surface area contributed by atoms with Crippen molar-refractivity contribution >= 4 is 18.7 Å². The molecule has 230 valence electrons. The SMILES string of the molecule is NC1=CC=CC(C(F)(F)F)(C(F)(F)F)/C1=C1/C=CC(C(F)(F)F)(C(F)(F)F)C=C1NP(c1ccccc1)c1ccccc1. The minimum atomic E-state index is -6.16. The Morgan fingerprint density at radius 2 is 1.09 bits per heavy atom. The van der Waals surface area contributed by atoms with E-state index in [1.165, 1.54) is 48.5 Å². The standard InChI is InChI=1S/C28H19F12N2P/c29-25(30,31)23(26(32,33)34)15-13-19(22-20(41)12-7-14-24(22,27(35,36)37)28(38,39)40)21(16-23)42-43(17-8-3-1-4-9-17)18-10-5-2-6-11-18/h1-16,42H,41H2/b22-19-. The predicted octanol–water partition coefficient (Wildman–Crippen LogP) is 8.01. The lowest BCUT2D eigenvalue weighted by Crippen LogP contribution is -2.53. The highest BCUT2D eigenvalue weighted by Crippen LogP contribution is 2.61. The molecule has 0 bridgehead atoms. The maximum atomic E-state index is 14.4. The lowest BCUT2D eigenvalue weighted by atomic mass is 9.69. The Hall–Kier alpha value is -3.67. The Bertz CT molecular complexity index is 1430. The second-order valence-electron chi connectivity index (χ2n) is 9.45. The number of halogens is 12. The van der Waals surface area contributed by atoms with Crippen LogP contribution in [0.2, 0.25) is 0 Å². The fourth-order valence-corrected chi connectivity index (χ4v) is 6.65. The van der Waals surface area contributed by atoms with Crippen LogP contribution in [0.4, 0.5) is 52.7 Å². The van der Waals surface area contributed by atoms with Crippen molar-refractivity contribution in [3.05, 3.63) is 120 Å². The number of alkyl halides is 12. The van der Waals surface area contributed by atoms with E-state index in [2.05, 4.69) is 5.09 Å². The van der Waals surface area contributed by atoms with Crippen LogP contribution < -0.4 is 21.4 Å². The summed E-state index contributed by atoms with van der Waals surface area (Å²) in [4.78, 5) is 0. The van der Waals surface area contributed by atoms with E-state index in [9.17, 15) is 52.7 Å². The summed E-state index contributed by atoms with van der Waals surface area (Å²) in [6.45, 7) is 0. The van der Waals surface area contributed by atoms with Gasteiger partial charge in [-0.1, -0.05) is 85.0 Å². The monoisotopic (exact) mass is 642 g/mol. The zero-order chi connectivity index (χ0) is 32.1. The van der Waals surface area contributed by atoms with Gasteiger partial charge in [-0.3, -0.25) is 0 Å². The summed E-state index contributed by atoms with van der Waals surface area (Å²) < 4.78 is 171. The maximum Gasteiger partial charge on any atom is 0.410 e. The van der Waals surface area contributed by atoms with Crippen molar-refractivity contribution in [3.63, 3.8) is 0 Å². The first-order valence-electron chi connectivity index (χ1n) is 12.0. The zero-order valence-corrected chi connectivity index (χ0v) is 22.2. The summed E-state index contributed by atoms with van der Waals surface area (Å²) in [6, 6.07) is 14.9. The molecule has 0 saturated heterocycles. The van der Waals surface area contributed by atoms with Gasteiger partial charge in [0.25, 0.3) is 0 Å². The fourth-order valence-electron chi connectivity index (χ4n) is 4.73. The van der Waals surface area contributed by atoms with Gasteiger partial charge in [-0.05, 0) is 12.2 Å². The van der Waals surface area contributed by atoms with Crippen LogP contribution in [0.3, 0.4) is 0 Å². The fraction of sp³-hybridized carbons (Fsp3) is 0.214. The molecular weight excluding hydrogens is 623 g/mol. The van der Waals surface area contributed by atoms with E-state index in [-0.39, 0.29) is 22.8 Å². The predicted molar refractivity (Wildman–Crippen MR) is 137 cm³/mol. The highest BCUT2D eigenvalue weighted by molar-refractivity contribution is 7.71. The molecule has 0 fully saturated rings. The van der Waals surface area contributed by atoms with E-state index in [0.29, 0.717) is 12.2 Å². The molecule has 2 aromatic carbocycles. The minimum Gasteiger partial charge on any atom is -0.398 e. The van der Waals surface area contributed by atoms with Gasteiger partial charge in [0.15, 0.2) is 5.41 Å². The van der Waals surface area contributed by atoms with Gasteiger partial charge in [0.2, 0.25) is 5.41 Å². The number of benzene rings is 2. The van der Waals surface area contributed by atoms with E-state index in [4.69, 9.17) is 5.73 Å². The molecule has 0 saturated carbocycles. The smallest absolute Gasteiger partial charge is 0.398 e. The second kappa shape index (κ2) is 10.8. The van der Waals surface area contributed by atoms with Crippen molar-refractivity contribution in [1.82, 2.24) is 5.09 Å². The van der Waals surface area contributed by atoms with Gasteiger partial charge < -0.3 is 10.8 Å². The number of nitrogens with one attached hydrogen (secondary N) is 1. The Morgan fingerprint density at radius 3 is 1.51 bits per heavy atom. The van der Waals surface area contributed by atoms with Crippen molar-refractivity contribution in [1.29, 1.82) is 0 Å². The number of rotatable bonds is 4. The molecule has 15 heteroatoms. The molecular formula is C28H19F12N2P. The Morgan fingerprint density at radius 1 is 0.628 bits per heavy atom. The second-order valence-corrected chi connectivity index (χ2v) is 11.4. The molecule has 0 aliphatic heterocycles. The van der Waals surface area contributed by atoms with Crippen molar-refractivity contribution in [2.45, 2.75) is 24.7 Å². The highest BCUT2D eigenvalue weighted by atomic mass is 31.1. The summed E-state index contributed by atoms with van der Waals surface area (Å²) in [5, 5.41) is 3.05. The first-order valence-corrected chi connectivity index (χ1v) is 13.4. The van der Waals surface area contributed by atoms with E-state index in [0.717, 1.165) is 0 Å². The van der Waals surface area contributed by atoms with Crippen LogP contribution in [0.25, 0.3) is 0 Å². The van der Waals surface area contributed by atoms with Crippen LogP contribution in [-0.4, -0.2) is 24.7 Å². The van der Waals surface area contributed by atoms with Gasteiger partial charge >= 0.3 is 24.7 Å². The molecule has 0 amide bonds. The Balaban J connectivity index is 2.12. The van der Waals surface area contributed by atoms with Gasteiger partial charge in [0.1, 0.15) is 0 Å². The number of allylic oxidation sites excluding steroid dienone is 7. The van der Waals surface area contributed by atoms with E-state index < -0.39 is 78.3 Å². The molecule has 0 radical (unpaired) electrons. The normalized spacial score (nSPS) is 20.6. The van der Waals surface area contributed by atoms with E-state index in [1.54, 1.807) is 12.1 Å². The largest absolute Gasteiger partial charge is 0.410 e. The van der Waals surface area contributed by atoms with E-state index in [1.807, 2.05) is 0 Å². The van der Waals surface area contributed by atoms with E-state index >= 15 is 0 Å². The van der Waals surface area contributed by atoms with Crippen LogP contribution in [0.15, 0.2) is 120 Å². The molecule has 2 nitrogen and oxygen atoms in total. The van der Waals surface area contributed by atoms with Crippen LogP contribution in [0, 0.1) is 10.8 Å². The minimum absolute atomic E-state index is 0.0335. The lowest BCUT2D eigenvalue weighted by Gasteiger charge is -2.42. The van der Waals surface area contributed by atoms with Gasteiger partial charge in [-0.15, -0.1) is 0 Å². The van der Waals surface area contributed by atoms with Crippen molar-refractivity contribution in [3.8, 4) is 0 Å². The third-order valence-corrected chi connectivity index (χ3v) is 8.94. The maximum absolute atomic E-state index is 14.4. The molecule has 2 aliphatic carbocycles. The third kappa shape index (κ3) is 5.45. The molecule has 4 rings (SSSR count). The summed E-state index contributed by atoms with van der Waals surface area (Å²) in [5.41, 5.74) is -9.39. The van der Waals surface area contributed by atoms with Crippen LogP contribution in [-0.2, 0) is 0 Å². The third-order valence-electron chi connectivity index (χ3n) is 6.84. The Labute approximate surface area is 237 Å². The van der Waals surface area contributed by atoms with Gasteiger partial charge in [0.05, 0.1) is 8.07 Å². The van der Waals surface area contributed by atoms with Gasteiger partial charge in [-0.2, -0.15) is 52.7 Å².